The predicted octanol–water partition coefficient (Wildman–Crippen LogP) is 1.83. The average Bonchev–Trinajstić information content (AvgIpc) is 2.73. The van der Waals surface area contributed by atoms with Crippen LogP contribution in [0.3, 0.4) is 0 Å². The molecule has 18 heavy (non-hydrogen) atoms. The van der Waals surface area contributed by atoms with E-state index < -0.39 is 11.5 Å². The zero-order valence-corrected chi connectivity index (χ0v) is 11.6. The largest absolute Gasteiger partial charge is 0.480 e. The summed E-state index contributed by atoms with van der Waals surface area (Å²) in [6.45, 7) is 2.32. The van der Waals surface area contributed by atoms with Crippen molar-refractivity contribution in [2.45, 2.75) is 69.5 Å². The number of carboxylic acid groups (broad SMARTS) is 1. The number of hydrogen-bond donors (Lipinski definition) is 2. The zero-order valence-electron chi connectivity index (χ0n) is 11.6. The number of nitrogens with zero attached hydrogens (tertiary/aromatic N) is 1. The van der Waals surface area contributed by atoms with Crippen LogP contribution in [0.1, 0.15) is 51.9 Å². The van der Waals surface area contributed by atoms with Gasteiger partial charge in [-0.2, -0.15) is 0 Å². The summed E-state index contributed by atoms with van der Waals surface area (Å²) in [5.74, 6) is -0.114. The fourth-order valence-corrected chi connectivity index (χ4v) is 3.76. The maximum absolute atomic E-state index is 11.2. The third kappa shape index (κ3) is 2.54. The van der Waals surface area contributed by atoms with Crippen molar-refractivity contribution in [3.63, 3.8) is 0 Å². The minimum Gasteiger partial charge on any atom is -0.480 e. The molecule has 2 rings (SSSR count). The topological polar surface area (TPSA) is 66.6 Å². The molecule has 104 valence electrons. The van der Waals surface area contributed by atoms with Gasteiger partial charge in [0.1, 0.15) is 5.54 Å². The summed E-state index contributed by atoms with van der Waals surface area (Å²) in [4.78, 5) is 13.6. The summed E-state index contributed by atoms with van der Waals surface area (Å²) in [6, 6.07) is 0.955. The first-order valence-corrected chi connectivity index (χ1v) is 7.18. The number of nitrogens with two attached hydrogens (primary N) is 1. The van der Waals surface area contributed by atoms with Gasteiger partial charge in [0.2, 0.25) is 0 Å². The first-order valence-electron chi connectivity index (χ1n) is 7.18. The Morgan fingerprint density at radius 2 is 2.00 bits per heavy atom. The van der Waals surface area contributed by atoms with Crippen LogP contribution < -0.4 is 5.73 Å². The van der Waals surface area contributed by atoms with Gasteiger partial charge < -0.3 is 15.7 Å². The lowest BCUT2D eigenvalue weighted by Crippen LogP contribution is -2.49. The molecular formula is C14H26N2O2. The Morgan fingerprint density at radius 1 is 1.33 bits per heavy atom. The fraction of sp³-hybridized carbons (Fsp3) is 0.929. The molecule has 0 aromatic rings. The van der Waals surface area contributed by atoms with Crippen LogP contribution in [0.5, 0.6) is 0 Å². The monoisotopic (exact) mass is 254 g/mol. The first-order chi connectivity index (χ1) is 8.44. The molecule has 0 aromatic carbocycles. The van der Waals surface area contributed by atoms with Crippen LogP contribution in [0, 0.1) is 5.92 Å². The molecule has 4 heteroatoms. The normalized spacial score (nSPS) is 41.2. The van der Waals surface area contributed by atoms with E-state index in [0.29, 0.717) is 24.9 Å². The minimum absolute atomic E-state index is 0.344. The van der Waals surface area contributed by atoms with E-state index in [1.54, 1.807) is 0 Å². The Labute approximate surface area is 110 Å². The Morgan fingerprint density at radius 3 is 2.56 bits per heavy atom. The maximum atomic E-state index is 11.2. The van der Waals surface area contributed by atoms with E-state index in [2.05, 4.69) is 18.9 Å². The van der Waals surface area contributed by atoms with Gasteiger partial charge in [0.25, 0.3) is 0 Å². The van der Waals surface area contributed by atoms with Gasteiger partial charge in [0.05, 0.1) is 0 Å². The molecule has 0 bridgehead atoms. The van der Waals surface area contributed by atoms with Gasteiger partial charge in [0, 0.05) is 12.1 Å². The van der Waals surface area contributed by atoms with Gasteiger partial charge in [-0.3, -0.25) is 4.79 Å². The number of carbonyl (C=O) groups is 1. The highest BCUT2D eigenvalue weighted by Crippen LogP contribution is 2.35. The summed E-state index contributed by atoms with van der Waals surface area (Å²) in [5.41, 5.74) is 4.98. The van der Waals surface area contributed by atoms with Crippen molar-refractivity contribution in [1.82, 2.24) is 4.90 Å². The lowest BCUT2D eigenvalue weighted by atomic mass is 9.84. The minimum atomic E-state index is -0.989. The molecule has 0 aromatic heterocycles. The predicted molar refractivity (Wildman–Crippen MR) is 71.4 cm³/mol. The molecule has 4 atom stereocenters. The highest BCUT2D eigenvalue weighted by molar-refractivity contribution is 5.79. The maximum Gasteiger partial charge on any atom is 0.323 e. The SMILES string of the molecule is CC1CCCCC1N(C)C1CCC(N)(C(=O)O)C1. The van der Waals surface area contributed by atoms with Crippen LogP contribution in [-0.2, 0) is 4.79 Å². The second kappa shape index (κ2) is 5.17. The van der Waals surface area contributed by atoms with Crippen LogP contribution in [0.15, 0.2) is 0 Å². The van der Waals surface area contributed by atoms with Crippen molar-refractivity contribution in [3.8, 4) is 0 Å². The number of rotatable bonds is 3. The lowest BCUT2D eigenvalue weighted by Gasteiger charge is -2.40. The Balaban J connectivity index is 1.98. The van der Waals surface area contributed by atoms with Gasteiger partial charge in [0.15, 0.2) is 0 Å². The zero-order chi connectivity index (χ0) is 13.3. The van der Waals surface area contributed by atoms with Crippen molar-refractivity contribution in [3.05, 3.63) is 0 Å². The molecule has 4 unspecified atom stereocenters. The number of aliphatic carboxylic acids is 1. The van der Waals surface area contributed by atoms with Crippen LogP contribution in [-0.4, -0.2) is 40.6 Å². The Bertz CT molecular complexity index is 321. The molecule has 0 amide bonds. The van der Waals surface area contributed by atoms with Crippen LogP contribution in [0.25, 0.3) is 0 Å². The third-order valence-corrected chi connectivity index (χ3v) is 5.11. The fourth-order valence-electron chi connectivity index (χ4n) is 3.76. The summed E-state index contributed by atoms with van der Waals surface area (Å²) in [5, 5.41) is 9.19. The highest BCUT2D eigenvalue weighted by Gasteiger charge is 2.44. The van der Waals surface area contributed by atoms with Crippen molar-refractivity contribution >= 4 is 5.97 Å². The number of hydrogen-bond acceptors (Lipinski definition) is 3. The first kappa shape index (κ1) is 13.8. The van der Waals surface area contributed by atoms with E-state index >= 15 is 0 Å². The van der Waals surface area contributed by atoms with Crippen molar-refractivity contribution < 1.29 is 9.90 Å². The summed E-state index contributed by atoms with van der Waals surface area (Å²) < 4.78 is 0. The Hall–Kier alpha value is -0.610. The quantitative estimate of drug-likeness (QED) is 0.806. The molecule has 0 heterocycles. The van der Waals surface area contributed by atoms with E-state index in [4.69, 9.17) is 5.73 Å². The van der Waals surface area contributed by atoms with Gasteiger partial charge in [-0.25, -0.2) is 0 Å². The molecule has 0 radical (unpaired) electrons. The molecular weight excluding hydrogens is 228 g/mol. The van der Waals surface area contributed by atoms with E-state index in [-0.39, 0.29) is 0 Å². The standard InChI is InChI=1S/C14H26N2O2/c1-10-5-3-4-6-12(10)16(2)11-7-8-14(15,9-11)13(17)18/h10-12H,3-9,15H2,1-2H3,(H,17,18). The molecule has 0 saturated heterocycles. The summed E-state index contributed by atoms with van der Waals surface area (Å²) >= 11 is 0. The molecule has 2 fully saturated rings. The van der Waals surface area contributed by atoms with Crippen molar-refractivity contribution in [2.24, 2.45) is 11.7 Å². The number of carboxylic acids is 1. The van der Waals surface area contributed by atoms with Crippen LogP contribution in [0.4, 0.5) is 0 Å². The lowest BCUT2D eigenvalue weighted by molar-refractivity contribution is -0.143. The van der Waals surface area contributed by atoms with Crippen LogP contribution in [0.2, 0.25) is 0 Å². The second-order valence-corrected chi connectivity index (χ2v) is 6.35. The molecule has 0 aliphatic heterocycles. The summed E-state index contributed by atoms with van der Waals surface area (Å²) in [7, 11) is 2.16. The summed E-state index contributed by atoms with van der Waals surface area (Å²) in [6.07, 6.45) is 7.32. The average molecular weight is 254 g/mol. The van der Waals surface area contributed by atoms with Gasteiger partial charge >= 0.3 is 5.97 Å². The third-order valence-electron chi connectivity index (χ3n) is 5.11. The van der Waals surface area contributed by atoms with Gasteiger partial charge in [-0.05, 0) is 45.1 Å². The smallest absolute Gasteiger partial charge is 0.323 e. The Kier molecular flexibility index (Phi) is 3.97. The second-order valence-electron chi connectivity index (χ2n) is 6.35. The molecule has 2 aliphatic rings. The van der Waals surface area contributed by atoms with Gasteiger partial charge in [-0.1, -0.05) is 19.8 Å². The molecule has 4 nitrogen and oxygen atoms in total. The highest BCUT2D eigenvalue weighted by atomic mass is 16.4. The van der Waals surface area contributed by atoms with E-state index in [9.17, 15) is 9.90 Å². The van der Waals surface area contributed by atoms with Crippen LogP contribution >= 0.6 is 0 Å². The molecule has 2 saturated carbocycles. The van der Waals surface area contributed by atoms with E-state index in [0.717, 1.165) is 12.3 Å². The molecule has 2 aliphatic carbocycles. The van der Waals surface area contributed by atoms with Crippen molar-refractivity contribution in [2.75, 3.05) is 7.05 Å². The molecule has 0 spiro atoms. The van der Waals surface area contributed by atoms with E-state index in [1.165, 1.54) is 25.7 Å². The van der Waals surface area contributed by atoms with Crippen molar-refractivity contribution in [1.29, 1.82) is 0 Å². The molecule has 3 N–H and O–H groups in total. The van der Waals surface area contributed by atoms with Gasteiger partial charge in [-0.15, -0.1) is 0 Å². The van der Waals surface area contributed by atoms with E-state index in [1.807, 2.05) is 0 Å².